The van der Waals surface area contributed by atoms with Crippen molar-refractivity contribution in [1.29, 1.82) is 0 Å². The van der Waals surface area contributed by atoms with Crippen molar-refractivity contribution >= 4 is 11.6 Å². The summed E-state index contributed by atoms with van der Waals surface area (Å²) in [6.07, 6.45) is 13.1. The largest absolute Gasteiger partial charge is 0.353 e. The normalized spacial score (nSPS) is 20.7. The van der Waals surface area contributed by atoms with E-state index < -0.39 is 0 Å². The van der Waals surface area contributed by atoms with Crippen LogP contribution in [0.2, 0.25) is 0 Å². The predicted molar refractivity (Wildman–Crippen MR) is 108 cm³/mol. The third kappa shape index (κ3) is 5.76. The molecule has 0 spiro atoms. The zero-order chi connectivity index (χ0) is 17.5. The molecule has 0 aliphatic heterocycles. The van der Waals surface area contributed by atoms with E-state index in [0.717, 1.165) is 11.6 Å². The van der Waals surface area contributed by atoms with Crippen molar-refractivity contribution in [2.45, 2.75) is 96.1 Å². The van der Waals surface area contributed by atoms with Gasteiger partial charge in [-0.3, -0.25) is 0 Å². The lowest BCUT2D eigenvalue weighted by Gasteiger charge is -2.27. The lowest BCUT2D eigenvalue weighted by atomic mass is 9.95. The molecule has 3 rings (SSSR count). The Morgan fingerprint density at radius 3 is 2.32 bits per heavy atom. The molecule has 0 saturated heterocycles. The van der Waals surface area contributed by atoms with E-state index in [1.807, 2.05) is 0 Å². The molecule has 0 radical (unpaired) electrons. The Labute approximate surface area is 153 Å². The summed E-state index contributed by atoms with van der Waals surface area (Å²) in [7, 11) is 0. The Bertz CT molecular complexity index is 552. The molecule has 2 aliphatic carbocycles. The van der Waals surface area contributed by atoms with Gasteiger partial charge in [-0.1, -0.05) is 64.5 Å². The van der Waals surface area contributed by atoms with Gasteiger partial charge >= 0.3 is 0 Å². The fraction of sp³-hybridized carbons (Fsp3) is 0.682. The summed E-state index contributed by atoms with van der Waals surface area (Å²) < 4.78 is 0. The predicted octanol–water partition coefficient (Wildman–Crippen LogP) is 5.83. The average molecular weight is 342 g/mol. The van der Waals surface area contributed by atoms with Crippen molar-refractivity contribution in [2.75, 3.05) is 5.32 Å². The van der Waals surface area contributed by atoms with E-state index in [0.29, 0.717) is 18.0 Å². The van der Waals surface area contributed by atoms with Crippen molar-refractivity contribution < 1.29 is 0 Å². The van der Waals surface area contributed by atoms with Gasteiger partial charge in [0.15, 0.2) is 5.96 Å². The molecule has 3 heteroatoms. The van der Waals surface area contributed by atoms with Crippen LogP contribution >= 0.6 is 0 Å². The van der Waals surface area contributed by atoms with Gasteiger partial charge in [-0.15, -0.1) is 0 Å². The molecule has 0 unspecified atom stereocenters. The third-order valence-electron chi connectivity index (χ3n) is 5.65. The van der Waals surface area contributed by atoms with E-state index in [1.165, 1.54) is 69.8 Å². The summed E-state index contributed by atoms with van der Waals surface area (Å²) in [6.45, 7) is 4.49. The summed E-state index contributed by atoms with van der Waals surface area (Å²) in [6, 6.07) is 9.85. The number of aliphatic imine (C=N–C) groups is 1. The Balaban J connectivity index is 1.72. The fourth-order valence-electron chi connectivity index (χ4n) is 4.05. The monoisotopic (exact) mass is 341 g/mol. The lowest BCUT2D eigenvalue weighted by molar-refractivity contribution is 0.408. The average Bonchev–Trinajstić information content (AvgIpc) is 2.63. The van der Waals surface area contributed by atoms with Crippen molar-refractivity contribution in [3.05, 3.63) is 29.8 Å². The van der Waals surface area contributed by atoms with Crippen LogP contribution in [0.4, 0.5) is 5.69 Å². The molecule has 2 aliphatic rings. The highest BCUT2D eigenvalue weighted by molar-refractivity contribution is 5.94. The summed E-state index contributed by atoms with van der Waals surface area (Å²) in [5.74, 6) is 1.55. The van der Waals surface area contributed by atoms with Crippen LogP contribution in [0.25, 0.3) is 0 Å². The topological polar surface area (TPSA) is 36.4 Å². The number of hydrogen-bond donors (Lipinski definition) is 2. The molecule has 25 heavy (non-hydrogen) atoms. The number of hydrogen-bond acceptors (Lipinski definition) is 1. The van der Waals surface area contributed by atoms with Crippen molar-refractivity contribution in [3.63, 3.8) is 0 Å². The van der Waals surface area contributed by atoms with Gasteiger partial charge < -0.3 is 10.6 Å². The molecule has 3 nitrogen and oxygen atoms in total. The first kappa shape index (κ1) is 18.3. The zero-order valence-electron chi connectivity index (χ0n) is 16.1. The molecule has 1 aromatic rings. The van der Waals surface area contributed by atoms with E-state index in [2.05, 4.69) is 48.7 Å². The van der Waals surface area contributed by atoms with Crippen LogP contribution in [0.1, 0.15) is 89.5 Å². The highest BCUT2D eigenvalue weighted by Crippen LogP contribution is 2.23. The molecule has 0 amide bonds. The second-order valence-electron chi connectivity index (χ2n) is 8.15. The molecule has 0 heterocycles. The van der Waals surface area contributed by atoms with Crippen LogP contribution < -0.4 is 10.6 Å². The van der Waals surface area contributed by atoms with E-state index in [1.54, 1.807) is 0 Å². The lowest BCUT2D eigenvalue weighted by Crippen LogP contribution is -2.41. The van der Waals surface area contributed by atoms with Crippen molar-refractivity contribution in [1.82, 2.24) is 5.32 Å². The number of rotatable bonds is 4. The fourth-order valence-corrected chi connectivity index (χ4v) is 4.05. The van der Waals surface area contributed by atoms with Gasteiger partial charge in [0, 0.05) is 11.7 Å². The SMILES string of the molecule is CC(C)c1cccc(NC(=NC2CCCCC2)NC2CCCCC2)c1. The maximum absolute atomic E-state index is 5.09. The molecular weight excluding hydrogens is 306 g/mol. The van der Waals surface area contributed by atoms with Crippen molar-refractivity contribution in [2.24, 2.45) is 4.99 Å². The number of nitrogens with zero attached hydrogens (tertiary/aromatic N) is 1. The Morgan fingerprint density at radius 2 is 1.64 bits per heavy atom. The van der Waals surface area contributed by atoms with Gasteiger partial charge in [0.2, 0.25) is 0 Å². The van der Waals surface area contributed by atoms with E-state index in [4.69, 9.17) is 4.99 Å². The van der Waals surface area contributed by atoms with Gasteiger partial charge in [-0.2, -0.15) is 0 Å². The second kappa shape index (κ2) is 9.26. The van der Waals surface area contributed by atoms with E-state index in [-0.39, 0.29) is 0 Å². The molecule has 138 valence electrons. The quantitative estimate of drug-likeness (QED) is 0.534. The van der Waals surface area contributed by atoms with Crippen LogP contribution in [0.5, 0.6) is 0 Å². The number of benzene rings is 1. The number of guanidine groups is 1. The summed E-state index contributed by atoms with van der Waals surface area (Å²) in [4.78, 5) is 5.09. The summed E-state index contributed by atoms with van der Waals surface area (Å²) in [5, 5.41) is 7.35. The van der Waals surface area contributed by atoms with Crippen LogP contribution in [0, 0.1) is 0 Å². The van der Waals surface area contributed by atoms with Gasteiger partial charge in [0.1, 0.15) is 0 Å². The number of anilines is 1. The molecule has 1 aromatic carbocycles. The van der Waals surface area contributed by atoms with Gasteiger partial charge in [0.25, 0.3) is 0 Å². The summed E-state index contributed by atoms with van der Waals surface area (Å²) >= 11 is 0. The zero-order valence-corrected chi connectivity index (χ0v) is 16.1. The minimum Gasteiger partial charge on any atom is -0.353 e. The van der Waals surface area contributed by atoms with Crippen LogP contribution in [-0.2, 0) is 0 Å². The minimum atomic E-state index is 0.487. The molecule has 0 bridgehead atoms. The summed E-state index contributed by atoms with van der Waals surface area (Å²) in [5.41, 5.74) is 2.53. The molecule has 0 aromatic heterocycles. The minimum absolute atomic E-state index is 0.487. The highest BCUT2D eigenvalue weighted by atomic mass is 15.2. The Hall–Kier alpha value is -1.51. The first-order chi connectivity index (χ1) is 12.2. The Kier molecular flexibility index (Phi) is 6.77. The first-order valence-corrected chi connectivity index (χ1v) is 10.4. The molecule has 2 saturated carbocycles. The van der Waals surface area contributed by atoms with Gasteiger partial charge in [-0.25, -0.2) is 4.99 Å². The third-order valence-corrected chi connectivity index (χ3v) is 5.65. The number of nitrogens with one attached hydrogen (secondary N) is 2. The van der Waals surface area contributed by atoms with Gasteiger partial charge in [0.05, 0.1) is 6.04 Å². The maximum Gasteiger partial charge on any atom is 0.196 e. The maximum atomic E-state index is 5.09. The van der Waals surface area contributed by atoms with E-state index in [9.17, 15) is 0 Å². The highest BCUT2D eigenvalue weighted by Gasteiger charge is 2.18. The van der Waals surface area contributed by atoms with Crippen LogP contribution in [-0.4, -0.2) is 18.0 Å². The Morgan fingerprint density at radius 1 is 0.960 bits per heavy atom. The smallest absolute Gasteiger partial charge is 0.196 e. The van der Waals surface area contributed by atoms with E-state index >= 15 is 0 Å². The second-order valence-corrected chi connectivity index (χ2v) is 8.15. The molecule has 0 atom stereocenters. The van der Waals surface area contributed by atoms with Crippen molar-refractivity contribution in [3.8, 4) is 0 Å². The van der Waals surface area contributed by atoms with Crippen LogP contribution in [0.3, 0.4) is 0 Å². The molecule has 2 fully saturated rings. The standard InChI is InChI=1S/C22H35N3/c1-17(2)18-10-9-15-21(16-18)25-22(23-19-11-5-3-6-12-19)24-20-13-7-4-8-14-20/h9-10,15-17,19-20H,3-8,11-14H2,1-2H3,(H2,23,24,25). The molecular formula is C22H35N3. The van der Waals surface area contributed by atoms with Crippen LogP contribution in [0.15, 0.2) is 29.3 Å². The molecule has 2 N–H and O–H groups in total. The first-order valence-electron chi connectivity index (χ1n) is 10.4. The van der Waals surface area contributed by atoms with Gasteiger partial charge in [-0.05, 0) is 49.3 Å².